The summed E-state index contributed by atoms with van der Waals surface area (Å²) in [6.07, 6.45) is -3.28. The first-order chi connectivity index (χ1) is 4.55. The molecule has 0 heterocycles. The lowest BCUT2D eigenvalue weighted by atomic mass is 10.2. The summed E-state index contributed by atoms with van der Waals surface area (Å²) in [6.45, 7) is 0. The van der Waals surface area contributed by atoms with Crippen molar-refractivity contribution in [3.63, 3.8) is 0 Å². The van der Waals surface area contributed by atoms with E-state index in [4.69, 9.17) is 10.2 Å². The van der Waals surface area contributed by atoms with Crippen LogP contribution in [0.15, 0.2) is 0 Å². The zero-order valence-electron chi connectivity index (χ0n) is 4.77. The highest BCUT2D eigenvalue weighted by molar-refractivity contribution is 7.84. The van der Waals surface area contributed by atoms with Crippen molar-refractivity contribution in [3.05, 3.63) is 0 Å². The molecule has 1 saturated carbocycles. The second-order valence-electron chi connectivity index (χ2n) is 1.95. The zero-order valence-corrected chi connectivity index (χ0v) is 5.59. The van der Waals surface area contributed by atoms with Gasteiger partial charge in [-0.1, -0.05) is 12.2 Å². The number of rotatable bonds is 0. The molecular weight excluding hydrogens is 156 g/mol. The minimum Gasteiger partial charge on any atom is -0.382 e. The van der Waals surface area contributed by atoms with Gasteiger partial charge in [0.15, 0.2) is 12.2 Å². The van der Waals surface area contributed by atoms with Crippen molar-refractivity contribution in [2.45, 2.75) is 12.2 Å². The highest BCUT2D eigenvalue weighted by Gasteiger charge is 2.43. The topological polar surface area (TPSA) is 74.6 Å². The van der Waals surface area contributed by atoms with E-state index >= 15 is 0 Å². The summed E-state index contributed by atoms with van der Waals surface area (Å²) in [5.74, 6) is -1.71. The van der Waals surface area contributed by atoms with Crippen LogP contribution < -0.4 is 0 Å². The van der Waals surface area contributed by atoms with E-state index in [1.54, 1.807) is 0 Å². The minimum atomic E-state index is -1.64. The van der Waals surface area contributed by atoms with Gasteiger partial charge in [0.25, 0.3) is 0 Å². The van der Waals surface area contributed by atoms with Crippen LogP contribution in [0.25, 0.3) is 0 Å². The summed E-state index contributed by atoms with van der Waals surface area (Å²) in [5, 5.41) is 17.4. The largest absolute Gasteiger partial charge is 0.382 e. The molecule has 10 heavy (non-hydrogen) atoms. The van der Waals surface area contributed by atoms with Crippen LogP contribution in [0.4, 0.5) is 0 Å². The molecule has 2 N–H and O–H groups in total. The number of ketones is 2. The van der Waals surface area contributed by atoms with E-state index in [0.717, 1.165) is 0 Å². The number of hydrogen-bond donors (Lipinski definition) is 2. The fraction of sp³-hybridized carbons (Fsp3) is 0.400. The first-order valence-electron chi connectivity index (χ1n) is 2.54. The van der Waals surface area contributed by atoms with Gasteiger partial charge in [-0.2, -0.15) is 0 Å². The Morgan fingerprint density at radius 3 is 1.50 bits per heavy atom. The first-order valence-corrected chi connectivity index (χ1v) is 2.95. The minimum absolute atomic E-state index is 0.486. The van der Waals surface area contributed by atoms with Gasteiger partial charge in [0.1, 0.15) is 4.86 Å². The average molecular weight is 160 g/mol. The number of aliphatic hydroxyl groups is 2. The van der Waals surface area contributed by atoms with Crippen LogP contribution in [0.2, 0.25) is 0 Å². The van der Waals surface area contributed by atoms with Crippen LogP contribution in [-0.4, -0.2) is 38.9 Å². The third-order valence-electron chi connectivity index (χ3n) is 1.28. The van der Waals surface area contributed by atoms with E-state index in [2.05, 4.69) is 12.2 Å². The van der Waals surface area contributed by atoms with Gasteiger partial charge in [-0.15, -0.1) is 0 Å². The zero-order chi connectivity index (χ0) is 7.89. The first kappa shape index (κ1) is 7.46. The molecule has 0 aromatic carbocycles. The van der Waals surface area contributed by atoms with Crippen LogP contribution >= 0.6 is 12.2 Å². The van der Waals surface area contributed by atoms with Crippen LogP contribution in [0.1, 0.15) is 0 Å². The fourth-order valence-electron chi connectivity index (χ4n) is 0.677. The standard InChI is InChI=1S/C5H4O4S/c6-1-2(7)4(9)5(10)3(1)8/h1-2,6-7H. The van der Waals surface area contributed by atoms with Crippen molar-refractivity contribution in [1.29, 1.82) is 0 Å². The quantitative estimate of drug-likeness (QED) is 0.410. The van der Waals surface area contributed by atoms with Crippen LogP contribution in [0, 0.1) is 0 Å². The Labute approximate surface area is 61.5 Å². The van der Waals surface area contributed by atoms with E-state index in [1.807, 2.05) is 0 Å². The summed E-state index contributed by atoms with van der Waals surface area (Å²) in [5.41, 5.74) is 0. The van der Waals surface area contributed by atoms with Crippen molar-refractivity contribution in [2.24, 2.45) is 0 Å². The summed E-state index contributed by atoms with van der Waals surface area (Å²) < 4.78 is 0. The van der Waals surface area contributed by atoms with Crippen molar-refractivity contribution < 1.29 is 19.8 Å². The lowest BCUT2D eigenvalue weighted by Gasteiger charge is -1.99. The van der Waals surface area contributed by atoms with Gasteiger partial charge in [0.05, 0.1) is 0 Å². The molecule has 0 bridgehead atoms. The molecule has 2 atom stereocenters. The molecule has 0 aromatic rings. The van der Waals surface area contributed by atoms with Gasteiger partial charge in [-0.05, 0) is 0 Å². The Morgan fingerprint density at radius 2 is 1.40 bits per heavy atom. The Bertz CT molecular complexity index is 200. The number of aliphatic hydroxyl groups excluding tert-OH is 2. The van der Waals surface area contributed by atoms with E-state index in [1.165, 1.54) is 0 Å². The number of thiocarbonyl (C=S) groups is 1. The number of hydrogen-bond acceptors (Lipinski definition) is 5. The Kier molecular flexibility index (Phi) is 1.63. The normalized spacial score (nSPS) is 33.6. The van der Waals surface area contributed by atoms with Gasteiger partial charge in [0, 0.05) is 0 Å². The van der Waals surface area contributed by atoms with Crippen LogP contribution in [-0.2, 0) is 9.59 Å². The second kappa shape index (κ2) is 2.19. The van der Waals surface area contributed by atoms with Gasteiger partial charge >= 0.3 is 0 Å². The molecule has 0 radical (unpaired) electrons. The maximum absolute atomic E-state index is 10.6. The maximum Gasteiger partial charge on any atom is 0.208 e. The number of carbonyl (C=O) groups excluding carboxylic acids is 2. The van der Waals surface area contributed by atoms with Crippen molar-refractivity contribution >= 4 is 28.6 Å². The molecule has 0 aliphatic heterocycles. The fourth-order valence-corrected chi connectivity index (χ4v) is 0.918. The molecule has 0 aromatic heterocycles. The lowest BCUT2D eigenvalue weighted by Crippen LogP contribution is -2.27. The molecule has 1 aliphatic rings. The molecule has 5 heteroatoms. The van der Waals surface area contributed by atoms with Gasteiger partial charge in [0.2, 0.25) is 11.6 Å². The summed E-state index contributed by atoms with van der Waals surface area (Å²) in [7, 11) is 0. The van der Waals surface area contributed by atoms with Crippen LogP contribution in [0.3, 0.4) is 0 Å². The Morgan fingerprint density at radius 1 is 1.10 bits per heavy atom. The Hall–Kier alpha value is -0.650. The molecule has 1 aliphatic carbocycles. The van der Waals surface area contributed by atoms with Crippen molar-refractivity contribution in [1.82, 2.24) is 0 Å². The number of Topliss-reactive ketones (excluding diaryl/α,β-unsaturated/α-hetero) is 2. The SMILES string of the molecule is O=C1C(=S)C(=O)C(O)C1O. The van der Waals surface area contributed by atoms with E-state index < -0.39 is 28.6 Å². The Balaban J connectivity index is 3.00. The van der Waals surface area contributed by atoms with Gasteiger partial charge in [-0.25, -0.2) is 0 Å². The lowest BCUT2D eigenvalue weighted by molar-refractivity contribution is -0.129. The molecule has 0 amide bonds. The van der Waals surface area contributed by atoms with E-state index in [0.29, 0.717) is 0 Å². The maximum atomic E-state index is 10.6. The highest BCUT2D eigenvalue weighted by Crippen LogP contribution is 2.09. The molecule has 1 fully saturated rings. The predicted molar refractivity (Wildman–Crippen MR) is 34.6 cm³/mol. The summed E-state index contributed by atoms with van der Waals surface area (Å²) in [4.78, 5) is 20.6. The summed E-state index contributed by atoms with van der Waals surface area (Å²) in [6, 6.07) is 0. The molecule has 4 nitrogen and oxygen atoms in total. The van der Waals surface area contributed by atoms with E-state index in [-0.39, 0.29) is 0 Å². The third kappa shape index (κ3) is 0.792. The monoisotopic (exact) mass is 160 g/mol. The molecule has 1 rings (SSSR count). The predicted octanol–water partition coefficient (Wildman–Crippen LogP) is -1.77. The molecule has 54 valence electrons. The van der Waals surface area contributed by atoms with Crippen molar-refractivity contribution in [2.75, 3.05) is 0 Å². The van der Waals surface area contributed by atoms with Gasteiger partial charge < -0.3 is 10.2 Å². The molecule has 2 unspecified atom stereocenters. The third-order valence-corrected chi connectivity index (χ3v) is 1.69. The molecule has 0 spiro atoms. The summed E-state index contributed by atoms with van der Waals surface area (Å²) >= 11 is 4.30. The van der Waals surface area contributed by atoms with E-state index in [9.17, 15) is 9.59 Å². The van der Waals surface area contributed by atoms with Crippen molar-refractivity contribution in [3.8, 4) is 0 Å². The average Bonchev–Trinajstić information content (AvgIpc) is 2.07. The van der Waals surface area contributed by atoms with Gasteiger partial charge in [-0.3, -0.25) is 9.59 Å². The molecular formula is C5H4O4S. The highest BCUT2D eigenvalue weighted by atomic mass is 32.1. The second-order valence-corrected chi connectivity index (χ2v) is 2.36. The molecule has 0 saturated heterocycles. The number of carbonyl (C=O) groups is 2. The van der Waals surface area contributed by atoms with Crippen LogP contribution in [0.5, 0.6) is 0 Å². The smallest absolute Gasteiger partial charge is 0.208 e.